The van der Waals surface area contributed by atoms with E-state index in [9.17, 15) is 4.79 Å². The number of hydrogen-bond acceptors (Lipinski definition) is 3. The van der Waals surface area contributed by atoms with Gasteiger partial charge in [0, 0.05) is 18.9 Å². The van der Waals surface area contributed by atoms with Crippen molar-refractivity contribution in [3.05, 3.63) is 59.7 Å². The van der Waals surface area contributed by atoms with Crippen LogP contribution in [-0.4, -0.2) is 26.2 Å². The highest BCUT2D eigenvalue weighted by atomic mass is 16.5. The highest BCUT2D eigenvalue weighted by Crippen LogP contribution is 2.64. The first-order valence-corrected chi connectivity index (χ1v) is 11.6. The Morgan fingerprint density at radius 2 is 1.81 bits per heavy atom. The highest BCUT2D eigenvalue weighted by molar-refractivity contribution is 5.75. The SMILES string of the molecule is CCCC(=O)NCC1CC1c1cccc(OCC2C(c3cccc(OC)c3)C2(C)C)c1. The van der Waals surface area contributed by atoms with E-state index >= 15 is 0 Å². The molecule has 0 heterocycles. The molecule has 0 aromatic heterocycles. The van der Waals surface area contributed by atoms with E-state index in [0.29, 0.717) is 30.1 Å². The number of amides is 1. The molecule has 1 N–H and O–H groups in total. The third-order valence-corrected chi connectivity index (χ3v) is 7.18. The lowest BCUT2D eigenvalue weighted by Gasteiger charge is -2.09. The van der Waals surface area contributed by atoms with Crippen LogP contribution in [-0.2, 0) is 4.79 Å². The molecule has 2 aromatic rings. The van der Waals surface area contributed by atoms with Crippen LogP contribution in [0.2, 0.25) is 0 Å². The van der Waals surface area contributed by atoms with E-state index in [-0.39, 0.29) is 11.3 Å². The van der Waals surface area contributed by atoms with Gasteiger partial charge < -0.3 is 14.8 Å². The zero-order valence-corrected chi connectivity index (χ0v) is 19.2. The van der Waals surface area contributed by atoms with Gasteiger partial charge in [-0.3, -0.25) is 4.79 Å². The van der Waals surface area contributed by atoms with Gasteiger partial charge in [-0.25, -0.2) is 0 Å². The molecule has 2 fully saturated rings. The number of carbonyl (C=O) groups excluding carboxylic acids is 1. The normalized spacial score (nSPS) is 25.5. The zero-order valence-electron chi connectivity index (χ0n) is 19.2. The molecule has 2 aliphatic rings. The maximum Gasteiger partial charge on any atom is 0.219 e. The minimum absolute atomic E-state index is 0.169. The summed E-state index contributed by atoms with van der Waals surface area (Å²) < 4.78 is 11.7. The van der Waals surface area contributed by atoms with E-state index in [4.69, 9.17) is 9.47 Å². The topological polar surface area (TPSA) is 47.6 Å². The number of hydrogen-bond donors (Lipinski definition) is 1. The summed E-state index contributed by atoms with van der Waals surface area (Å²) in [5.74, 6) is 4.10. The molecule has 2 aliphatic carbocycles. The summed E-state index contributed by atoms with van der Waals surface area (Å²) in [5.41, 5.74) is 2.88. The molecule has 1 amide bonds. The van der Waals surface area contributed by atoms with Crippen molar-refractivity contribution in [2.75, 3.05) is 20.3 Å². The lowest BCUT2D eigenvalue weighted by molar-refractivity contribution is -0.121. The number of benzene rings is 2. The Labute approximate surface area is 186 Å². The maximum atomic E-state index is 11.7. The van der Waals surface area contributed by atoms with Crippen LogP contribution in [0.1, 0.15) is 63.0 Å². The number of nitrogens with one attached hydrogen (secondary N) is 1. The lowest BCUT2D eigenvalue weighted by atomic mass is 10.0. The average Bonchev–Trinajstić information content (AvgIpc) is 3.65. The van der Waals surface area contributed by atoms with Crippen LogP contribution < -0.4 is 14.8 Å². The molecule has 4 rings (SSSR count). The summed E-state index contributed by atoms with van der Waals surface area (Å²) in [6, 6.07) is 16.9. The van der Waals surface area contributed by atoms with Crippen molar-refractivity contribution >= 4 is 5.91 Å². The summed E-state index contributed by atoms with van der Waals surface area (Å²) in [4.78, 5) is 11.7. The van der Waals surface area contributed by atoms with E-state index < -0.39 is 0 Å². The van der Waals surface area contributed by atoms with Gasteiger partial charge in [0.15, 0.2) is 0 Å². The molecule has 0 spiro atoms. The van der Waals surface area contributed by atoms with Gasteiger partial charge in [-0.05, 0) is 71.4 Å². The first-order chi connectivity index (χ1) is 14.9. The molecule has 0 saturated heterocycles. The number of methoxy groups -OCH3 is 1. The Morgan fingerprint density at radius 1 is 1.10 bits per heavy atom. The molecule has 2 aromatic carbocycles. The highest BCUT2D eigenvalue weighted by Gasteiger charge is 2.58. The van der Waals surface area contributed by atoms with Gasteiger partial charge >= 0.3 is 0 Å². The molecule has 0 bridgehead atoms. The van der Waals surface area contributed by atoms with E-state index in [2.05, 4.69) is 61.6 Å². The van der Waals surface area contributed by atoms with Crippen LogP contribution in [0.15, 0.2) is 48.5 Å². The van der Waals surface area contributed by atoms with Crippen LogP contribution in [0.5, 0.6) is 11.5 Å². The first kappa shape index (κ1) is 21.7. The molecule has 2 saturated carbocycles. The van der Waals surface area contributed by atoms with Crippen LogP contribution in [0.4, 0.5) is 0 Å². The number of carbonyl (C=O) groups is 1. The van der Waals surface area contributed by atoms with Crippen molar-refractivity contribution < 1.29 is 14.3 Å². The number of rotatable bonds is 10. The Bertz CT molecular complexity index is 922. The van der Waals surface area contributed by atoms with Crippen molar-refractivity contribution in [1.29, 1.82) is 0 Å². The minimum atomic E-state index is 0.169. The fraction of sp³-hybridized carbons (Fsp3) is 0.519. The summed E-state index contributed by atoms with van der Waals surface area (Å²) in [6.45, 7) is 8.19. The third-order valence-electron chi connectivity index (χ3n) is 7.18. The van der Waals surface area contributed by atoms with Crippen LogP contribution in [0.3, 0.4) is 0 Å². The molecule has 4 heteroatoms. The Balaban J connectivity index is 1.31. The van der Waals surface area contributed by atoms with Gasteiger partial charge in [0.2, 0.25) is 5.91 Å². The van der Waals surface area contributed by atoms with Crippen LogP contribution in [0.25, 0.3) is 0 Å². The Morgan fingerprint density at radius 3 is 2.55 bits per heavy atom. The summed E-state index contributed by atoms with van der Waals surface area (Å²) in [7, 11) is 1.72. The van der Waals surface area contributed by atoms with Gasteiger partial charge in [0.1, 0.15) is 11.5 Å². The van der Waals surface area contributed by atoms with Gasteiger partial charge in [-0.2, -0.15) is 0 Å². The molecule has 166 valence electrons. The van der Waals surface area contributed by atoms with Crippen LogP contribution in [0, 0.1) is 17.3 Å². The van der Waals surface area contributed by atoms with Gasteiger partial charge in [-0.15, -0.1) is 0 Å². The monoisotopic (exact) mass is 421 g/mol. The smallest absolute Gasteiger partial charge is 0.219 e. The first-order valence-electron chi connectivity index (χ1n) is 11.6. The minimum Gasteiger partial charge on any atom is -0.497 e. The van der Waals surface area contributed by atoms with Crippen molar-refractivity contribution in [2.45, 2.75) is 51.9 Å². The average molecular weight is 422 g/mol. The Kier molecular flexibility index (Phi) is 6.27. The molecule has 0 radical (unpaired) electrons. The fourth-order valence-electron chi connectivity index (χ4n) is 5.01. The fourth-order valence-corrected chi connectivity index (χ4v) is 5.01. The van der Waals surface area contributed by atoms with Crippen LogP contribution >= 0.6 is 0 Å². The second-order valence-electron chi connectivity index (χ2n) is 9.72. The van der Waals surface area contributed by atoms with Gasteiger partial charge in [-0.1, -0.05) is 45.0 Å². The molecule has 4 atom stereocenters. The lowest BCUT2D eigenvalue weighted by Crippen LogP contribution is -2.25. The second kappa shape index (κ2) is 8.94. The molecule has 4 unspecified atom stereocenters. The van der Waals surface area contributed by atoms with Crippen molar-refractivity contribution in [3.8, 4) is 11.5 Å². The Hall–Kier alpha value is -2.49. The zero-order chi connectivity index (χ0) is 22.0. The summed E-state index contributed by atoms with van der Waals surface area (Å²) >= 11 is 0. The third kappa shape index (κ3) is 4.89. The maximum absolute atomic E-state index is 11.7. The van der Waals surface area contributed by atoms with Crippen molar-refractivity contribution in [3.63, 3.8) is 0 Å². The predicted molar refractivity (Wildman–Crippen MR) is 124 cm³/mol. The van der Waals surface area contributed by atoms with E-state index in [1.165, 1.54) is 11.1 Å². The quantitative estimate of drug-likeness (QED) is 0.548. The van der Waals surface area contributed by atoms with Gasteiger partial charge in [0.25, 0.3) is 0 Å². The molecule has 4 nitrogen and oxygen atoms in total. The predicted octanol–water partition coefficient (Wildman–Crippen LogP) is 5.53. The molecule has 0 aliphatic heterocycles. The largest absolute Gasteiger partial charge is 0.497 e. The summed E-state index contributed by atoms with van der Waals surface area (Å²) in [5, 5.41) is 3.07. The van der Waals surface area contributed by atoms with Gasteiger partial charge in [0.05, 0.1) is 13.7 Å². The second-order valence-corrected chi connectivity index (χ2v) is 9.72. The van der Waals surface area contributed by atoms with E-state index in [0.717, 1.165) is 37.5 Å². The van der Waals surface area contributed by atoms with Crippen molar-refractivity contribution in [2.24, 2.45) is 17.3 Å². The van der Waals surface area contributed by atoms with Crippen molar-refractivity contribution in [1.82, 2.24) is 5.32 Å². The van der Waals surface area contributed by atoms with E-state index in [1.54, 1.807) is 7.11 Å². The standard InChI is InChI=1S/C27H35NO3/c1-5-8-25(29)28-16-20-15-23(20)18-9-6-12-22(13-18)31-17-24-26(27(24,2)3)19-10-7-11-21(14-19)30-4/h6-7,9-14,20,23-24,26H,5,8,15-17H2,1-4H3,(H,28,29). The summed E-state index contributed by atoms with van der Waals surface area (Å²) in [6.07, 6.45) is 2.66. The molecular formula is C27H35NO3. The number of ether oxygens (including phenoxy) is 2. The molecule has 31 heavy (non-hydrogen) atoms. The van der Waals surface area contributed by atoms with E-state index in [1.807, 2.05) is 13.0 Å². The molecular weight excluding hydrogens is 386 g/mol.